The molecule has 1 aliphatic rings. The summed E-state index contributed by atoms with van der Waals surface area (Å²) in [5.74, 6) is 0. The minimum absolute atomic E-state index is 0.499. The predicted molar refractivity (Wildman–Crippen MR) is 256 cm³/mol. The zero-order chi connectivity index (χ0) is 40.3. The van der Waals surface area contributed by atoms with Crippen LogP contribution in [0, 0.1) is 0 Å². The topological polar surface area (TPSA) is 8.17 Å². The first-order chi connectivity index (χ1) is 30.3. The lowest BCUT2D eigenvalue weighted by molar-refractivity contribution is 0.768. The summed E-state index contributed by atoms with van der Waals surface area (Å²) in [6.07, 6.45) is 0. The molecule has 0 atom stereocenters. The number of anilines is 3. The van der Waals surface area contributed by atoms with Crippen LogP contribution in [0.25, 0.3) is 60.5 Å². The monoisotopic (exact) mass is 776 g/mol. The molecular formula is C59H40N2. The van der Waals surface area contributed by atoms with Gasteiger partial charge in [-0.2, -0.15) is 0 Å². The maximum Gasteiger partial charge on any atom is 0.0714 e. The second kappa shape index (κ2) is 14.1. The van der Waals surface area contributed by atoms with Crippen molar-refractivity contribution < 1.29 is 0 Å². The molecule has 10 aromatic carbocycles. The van der Waals surface area contributed by atoms with Gasteiger partial charge in [0, 0.05) is 33.5 Å². The molecule has 0 saturated heterocycles. The number of aromatic nitrogens is 1. The zero-order valence-electron chi connectivity index (χ0n) is 33.5. The molecule has 286 valence electrons. The Kier molecular flexibility index (Phi) is 8.11. The number of rotatable bonds is 7. The molecule has 0 radical (unpaired) electrons. The molecule has 2 heteroatoms. The predicted octanol–water partition coefficient (Wildman–Crippen LogP) is 15.4. The van der Waals surface area contributed by atoms with Crippen molar-refractivity contribution >= 4 is 49.6 Å². The Hall–Kier alpha value is -7.94. The van der Waals surface area contributed by atoms with Crippen LogP contribution in [0.4, 0.5) is 17.1 Å². The van der Waals surface area contributed by atoms with Gasteiger partial charge < -0.3 is 9.47 Å². The van der Waals surface area contributed by atoms with Gasteiger partial charge in [0.25, 0.3) is 0 Å². The average molecular weight is 777 g/mol. The van der Waals surface area contributed by atoms with Crippen LogP contribution >= 0.6 is 0 Å². The van der Waals surface area contributed by atoms with Crippen LogP contribution in [-0.2, 0) is 5.41 Å². The smallest absolute Gasteiger partial charge is 0.0714 e. The lowest BCUT2D eigenvalue weighted by atomic mass is 9.67. The van der Waals surface area contributed by atoms with Crippen LogP contribution in [0.5, 0.6) is 0 Å². The van der Waals surface area contributed by atoms with Crippen molar-refractivity contribution in [1.29, 1.82) is 0 Å². The van der Waals surface area contributed by atoms with Crippen LogP contribution in [0.1, 0.15) is 22.3 Å². The largest absolute Gasteiger partial charge is 0.310 e. The minimum Gasteiger partial charge on any atom is -0.310 e. The van der Waals surface area contributed by atoms with Crippen molar-refractivity contribution in [3.8, 4) is 27.9 Å². The molecule has 0 bridgehead atoms. The Morgan fingerprint density at radius 1 is 0.344 bits per heavy atom. The van der Waals surface area contributed by atoms with Crippen LogP contribution in [-0.4, -0.2) is 4.57 Å². The summed E-state index contributed by atoms with van der Waals surface area (Å²) in [7, 11) is 0. The molecular weight excluding hydrogens is 737 g/mol. The van der Waals surface area contributed by atoms with Gasteiger partial charge in [0.1, 0.15) is 0 Å². The second-order valence-corrected chi connectivity index (χ2v) is 16.1. The van der Waals surface area contributed by atoms with E-state index in [4.69, 9.17) is 0 Å². The van der Waals surface area contributed by atoms with Gasteiger partial charge in [0.05, 0.1) is 16.4 Å². The Labute approximate surface area is 355 Å². The van der Waals surface area contributed by atoms with E-state index in [1.54, 1.807) is 0 Å². The van der Waals surface area contributed by atoms with E-state index in [1.807, 2.05) is 0 Å². The summed E-state index contributed by atoms with van der Waals surface area (Å²) in [4.78, 5) is 2.43. The van der Waals surface area contributed by atoms with E-state index < -0.39 is 5.41 Å². The van der Waals surface area contributed by atoms with E-state index in [0.29, 0.717) is 0 Å². The molecule has 0 N–H and O–H groups in total. The van der Waals surface area contributed by atoms with Crippen LogP contribution in [0.15, 0.2) is 243 Å². The van der Waals surface area contributed by atoms with Crippen LogP contribution in [0.2, 0.25) is 0 Å². The van der Waals surface area contributed by atoms with Gasteiger partial charge in [-0.05, 0) is 116 Å². The fourth-order valence-corrected chi connectivity index (χ4v) is 10.2. The van der Waals surface area contributed by atoms with Crippen molar-refractivity contribution in [3.63, 3.8) is 0 Å². The fraction of sp³-hybridized carbons (Fsp3) is 0.0169. The van der Waals surface area contributed by atoms with Crippen molar-refractivity contribution in [1.82, 2.24) is 4.57 Å². The number of fused-ring (bicyclic) bond motifs is 7. The Bertz CT molecular complexity index is 3360. The standard InChI is InChI=1S/C59H40N2/c1-4-19-44(20-5-1)59(45-21-6-2-7-22-45)54-28-14-12-25-51(54)52-38-37-49(40-55(52)59)60(48-36-31-41-17-10-11-18-43(41)39-48)47-34-32-42(33-35-47)50-27-16-30-57-58(50)53-26-13-15-29-56(53)61(57)46-23-8-3-9-24-46/h1-40H. The molecule has 0 spiro atoms. The van der Waals surface area contributed by atoms with Crippen LogP contribution < -0.4 is 4.90 Å². The normalized spacial score (nSPS) is 12.7. The molecule has 0 unspecified atom stereocenters. The van der Waals surface area contributed by atoms with Gasteiger partial charge in [-0.15, -0.1) is 0 Å². The third kappa shape index (κ3) is 5.43. The maximum absolute atomic E-state index is 2.46. The first-order valence-electron chi connectivity index (χ1n) is 21.1. The Morgan fingerprint density at radius 2 is 0.902 bits per heavy atom. The van der Waals surface area contributed by atoms with E-state index in [2.05, 4.69) is 252 Å². The number of nitrogens with zero attached hydrogens (tertiary/aromatic N) is 2. The summed E-state index contributed by atoms with van der Waals surface area (Å²) in [5, 5.41) is 4.94. The molecule has 12 rings (SSSR count). The molecule has 0 amide bonds. The summed E-state index contributed by atoms with van der Waals surface area (Å²) >= 11 is 0. The van der Waals surface area contributed by atoms with E-state index in [0.717, 1.165) is 22.7 Å². The van der Waals surface area contributed by atoms with E-state index >= 15 is 0 Å². The van der Waals surface area contributed by atoms with Gasteiger partial charge in [-0.1, -0.05) is 182 Å². The zero-order valence-corrected chi connectivity index (χ0v) is 33.5. The number of hydrogen-bond acceptors (Lipinski definition) is 1. The SMILES string of the molecule is c1ccc(-n2c3ccccc3c3c(-c4ccc(N(c5ccc6c(c5)C(c5ccccc5)(c5ccccc5)c5ccccc5-6)c5ccc6ccccc6c5)cc4)cccc32)cc1. The lowest BCUT2D eigenvalue weighted by Crippen LogP contribution is -2.28. The first kappa shape index (κ1) is 35.0. The van der Waals surface area contributed by atoms with Crippen molar-refractivity contribution in [2.24, 2.45) is 0 Å². The van der Waals surface area contributed by atoms with Gasteiger partial charge in [0.15, 0.2) is 0 Å². The number of hydrogen-bond donors (Lipinski definition) is 0. The average Bonchev–Trinajstić information content (AvgIpc) is 3.83. The highest BCUT2D eigenvalue weighted by molar-refractivity contribution is 6.15. The van der Waals surface area contributed by atoms with E-state index in [9.17, 15) is 0 Å². The highest BCUT2D eigenvalue weighted by atomic mass is 15.1. The third-order valence-corrected chi connectivity index (χ3v) is 12.8. The summed E-state index contributed by atoms with van der Waals surface area (Å²) in [6, 6.07) is 89.0. The van der Waals surface area contributed by atoms with E-state index in [-0.39, 0.29) is 0 Å². The molecule has 1 aromatic heterocycles. The molecule has 0 fully saturated rings. The summed E-state index contributed by atoms with van der Waals surface area (Å²) in [6.45, 7) is 0. The van der Waals surface area contributed by atoms with Gasteiger partial charge in [0.2, 0.25) is 0 Å². The molecule has 1 heterocycles. The molecule has 61 heavy (non-hydrogen) atoms. The molecule has 11 aromatic rings. The summed E-state index contributed by atoms with van der Waals surface area (Å²) < 4.78 is 2.39. The highest BCUT2D eigenvalue weighted by Gasteiger charge is 2.46. The quantitative estimate of drug-likeness (QED) is 0.156. The van der Waals surface area contributed by atoms with Crippen molar-refractivity contribution in [2.45, 2.75) is 5.41 Å². The van der Waals surface area contributed by atoms with E-state index in [1.165, 1.54) is 77.1 Å². The second-order valence-electron chi connectivity index (χ2n) is 16.1. The van der Waals surface area contributed by atoms with Crippen LogP contribution in [0.3, 0.4) is 0 Å². The highest BCUT2D eigenvalue weighted by Crippen LogP contribution is 2.57. The molecule has 0 aliphatic heterocycles. The van der Waals surface area contributed by atoms with Crippen molar-refractivity contribution in [3.05, 3.63) is 265 Å². The minimum atomic E-state index is -0.499. The number of para-hydroxylation sites is 2. The molecule has 2 nitrogen and oxygen atoms in total. The number of benzene rings is 10. The first-order valence-corrected chi connectivity index (χ1v) is 21.1. The molecule has 1 aliphatic carbocycles. The van der Waals surface area contributed by atoms with Gasteiger partial charge in [-0.25, -0.2) is 0 Å². The fourth-order valence-electron chi connectivity index (χ4n) is 10.2. The maximum atomic E-state index is 2.46. The molecule has 0 saturated carbocycles. The Balaban J connectivity index is 1.06. The Morgan fingerprint density at radius 3 is 1.67 bits per heavy atom. The van der Waals surface area contributed by atoms with Gasteiger partial charge in [-0.3, -0.25) is 0 Å². The lowest BCUT2D eigenvalue weighted by Gasteiger charge is -2.35. The van der Waals surface area contributed by atoms with Crippen molar-refractivity contribution in [2.75, 3.05) is 4.90 Å². The van der Waals surface area contributed by atoms with Gasteiger partial charge >= 0.3 is 0 Å². The summed E-state index contributed by atoms with van der Waals surface area (Å²) in [5.41, 5.74) is 16.4. The third-order valence-electron chi connectivity index (χ3n) is 12.8.